The highest BCUT2D eigenvalue weighted by Gasteiger charge is 2.24. The molecule has 2 rings (SSSR count). The molecular formula is C16H20ClNO2. The molecular weight excluding hydrogens is 274 g/mol. The van der Waals surface area contributed by atoms with E-state index in [0.29, 0.717) is 10.9 Å². The number of hydrogen-bond acceptors (Lipinski definition) is 2. The number of aryl methyl sites for hydroxylation is 1. The molecule has 1 N–H and O–H groups in total. The molecule has 1 unspecified atom stereocenters. The number of likely N-dealkylation sites (tertiary alicyclic amines) is 1. The predicted molar refractivity (Wildman–Crippen MR) is 81.6 cm³/mol. The standard InChI is InChI=1S/C16H20ClNO2/c1-12-2-3-13(10-15(12)17)4-5-16(20)18-8-6-14(11-18)7-9-19/h2-5,10,14,19H,6-9,11H2,1H3/b5-4+. The van der Waals surface area contributed by atoms with Gasteiger partial charge < -0.3 is 10.0 Å². The SMILES string of the molecule is Cc1ccc(/C=C/C(=O)N2CCC(CCO)C2)cc1Cl. The van der Waals surface area contributed by atoms with Crippen molar-refractivity contribution in [1.82, 2.24) is 4.90 Å². The summed E-state index contributed by atoms with van der Waals surface area (Å²) in [5.74, 6) is 0.466. The second-order valence-corrected chi connectivity index (χ2v) is 5.70. The van der Waals surface area contributed by atoms with E-state index < -0.39 is 0 Å². The van der Waals surface area contributed by atoms with Crippen LogP contribution in [0, 0.1) is 12.8 Å². The van der Waals surface area contributed by atoms with Crippen LogP contribution in [0.15, 0.2) is 24.3 Å². The Bertz CT molecular complexity index is 513. The van der Waals surface area contributed by atoms with Gasteiger partial charge in [-0.2, -0.15) is 0 Å². The quantitative estimate of drug-likeness (QED) is 0.867. The molecule has 1 atom stereocenters. The first-order chi connectivity index (χ1) is 9.60. The molecule has 0 aromatic heterocycles. The molecule has 1 saturated heterocycles. The Morgan fingerprint density at radius 2 is 2.35 bits per heavy atom. The molecule has 1 aromatic rings. The van der Waals surface area contributed by atoms with Crippen LogP contribution in [0.2, 0.25) is 5.02 Å². The van der Waals surface area contributed by atoms with E-state index in [2.05, 4.69) is 0 Å². The lowest BCUT2D eigenvalue weighted by Gasteiger charge is -2.13. The highest BCUT2D eigenvalue weighted by molar-refractivity contribution is 6.31. The number of carbonyl (C=O) groups excluding carboxylic acids is 1. The number of nitrogens with zero attached hydrogens (tertiary/aromatic N) is 1. The third-order valence-corrected chi connectivity index (χ3v) is 4.16. The molecule has 0 bridgehead atoms. The Hall–Kier alpha value is -1.32. The molecule has 1 heterocycles. The van der Waals surface area contributed by atoms with Gasteiger partial charge in [0.25, 0.3) is 0 Å². The fourth-order valence-electron chi connectivity index (χ4n) is 2.44. The van der Waals surface area contributed by atoms with Crippen molar-refractivity contribution in [3.63, 3.8) is 0 Å². The fourth-order valence-corrected chi connectivity index (χ4v) is 2.63. The van der Waals surface area contributed by atoms with Gasteiger partial charge in [-0.25, -0.2) is 0 Å². The minimum absolute atomic E-state index is 0.0298. The lowest BCUT2D eigenvalue weighted by atomic mass is 10.1. The van der Waals surface area contributed by atoms with Crippen LogP contribution in [0.5, 0.6) is 0 Å². The zero-order valence-corrected chi connectivity index (χ0v) is 12.4. The first kappa shape index (κ1) is 15.1. The molecule has 1 amide bonds. The summed E-state index contributed by atoms with van der Waals surface area (Å²) >= 11 is 6.06. The van der Waals surface area contributed by atoms with Gasteiger partial charge in [-0.3, -0.25) is 4.79 Å². The van der Waals surface area contributed by atoms with Crippen molar-refractivity contribution in [3.8, 4) is 0 Å². The number of rotatable bonds is 4. The second kappa shape index (κ2) is 6.91. The number of aliphatic hydroxyl groups excluding tert-OH is 1. The van der Waals surface area contributed by atoms with Crippen molar-refractivity contribution in [2.24, 2.45) is 5.92 Å². The van der Waals surface area contributed by atoms with Crippen LogP contribution in [0.3, 0.4) is 0 Å². The topological polar surface area (TPSA) is 40.5 Å². The maximum absolute atomic E-state index is 12.1. The van der Waals surface area contributed by atoms with Gasteiger partial charge in [0.15, 0.2) is 0 Å². The van der Waals surface area contributed by atoms with E-state index in [1.807, 2.05) is 30.0 Å². The summed E-state index contributed by atoms with van der Waals surface area (Å²) < 4.78 is 0. The van der Waals surface area contributed by atoms with Gasteiger partial charge in [0, 0.05) is 30.8 Å². The predicted octanol–water partition coefficient (Wildman–Crippen LogP) is 2.89. The average molecular weight is 294 g/mol. The first-order valence-corrected chi connectivity index (χ1v) is 7.32. The van der Waals surface area contributed by atoms with E-state index >= 15 is 0 Å². The molecule has 1 aliphatic heterocycles. The van der Waals surface area contributed by atoms with Gasteiger partial charge in [0.1, 0.15) is 0 Å². The summed E-state index contributed by atoms with van der Waals surface area (Å²) in [6, 6.07) is 5.75. The van der Waals surface area contributed by atoms with Crippen molar-refractivity contribution >= 4 is 23.6 Å². The van der Waals surface area contributed by atoms with Gasteiger partial charge in [-0.1, -0.05) is 23.7 Å². The Kier molecular flexibility index (Phi) is 5.21. The van der Waals surface area contributed by atoms with E-state index in [4.69, 9.17) is 16.7 Å². The minimum Gasteiger partial charge on any atom is -0.396 e. The largest absolute Gasteiger partial charge is 0.396 e. The molecule has 3 nitrogen and oxygen atoms in total. The molecule has 0 aliphatic carbocycles. The lowest BCUT2D eigenvalue weighted by Crippen LogP contribution is -2.26. The number of aliphatic hydroxyl groups is 1. The number of amides is 1. The van der Waals surface area contributed by atoms with Crippen molar-refractivity contribution in [1.29, 1.82) is 0 Å². The molecule has 1 aliphatic rings. The fraction of sp³-hybridized carbons (Fsp3) is 0.438. The third-order valence-electron chi connectivity index (χ3n) is 3.75. The summed E-state index contributed by atoms with van der Waals surface area (Å²) in [5.41, 5.74) is 1.96. The van der Waals surface area contributed by atoms with E-state index in [0.717, 1.165) is 37.1 Å². The number of carbonyl (C=O) groups is 1. The highest BCUT2D eigenvalue weighted by atomic mass is 35.5. The summed E-state index contributed by atoms with van der Waals surface area (Å²) in [4.78, 5) is 13.9. The van der Waals surface area contributed by atoms with Crippen LogP contribution in [-0.4, -0.2) is 35.6 Å². The molecule has 20 heavy (non-hydrogen) atoms. The van der Waals surface area contributed by atoms with Gasteiger partial charge >= 0.3 is 0 Å². The molecule has 1 aromatic carbocycles. The van der Waals surface area contributed by atoms with Crippen molar-refractivity contribution < 1.29 is 9.90 Å². The second-order valence-electron chi connectivity index (χ2n) is 5.29. The van der Waals surface area contributed by atoms with Crippen LogP contribution >= 0.6 is 11.6 Å². The molecule has 4 heteroatoms. The first-order valence-electron chi connectivity index (χ1n) is 6.94. The van der Waals surface area contributed by atoms with E-state index in [1.54, 1.807) is 12.2 Å². The normalized spacial score (nSPS) is 18.9. The Morgan fingerprint density at radius 1 is 1.55 bits per heavy atom. The lowest BCUT2D eigenvalue weighted by molar-refractivity contribution is -0.125. The minimum atomic E-state index is 0.0298. The molecule has 0 saturated carbocycles. The van der Waals surface area contributed by atoms with Gasteiger partial charge in [0.2, 0.25) is 5.91 Å². The average Bonchev–Trinajstić information content (AvgIpc) is 2.89. The van der Waals surface area contributed by atoms with Crippen LogP contribution in [0.1, 0.15) is 24.0 Å². The van der Waals surface area contributed by atoms with E-state index in [9.17, 15) is 4.79 Å². The van der Waals surface area contributed by atoms with Crippen molar-refractivity contribution in [2.45, 2.75) is 19.8 Å². The smallest absolute Gasteiger partial charge is 0.246 e. The Morgan fingerprint density at radius 3 is 3.05 bits per heavy atom. The van der Waals surface area contributed by atoms with Gasteiger partial charge in [-0.05, 0) is 49.0 Å². The van der Waals surface area contributed by atoms with Crippen LogP contribution in [0.4, 0.5) is 0 Å². The van der Waals surface area contributed by atoms with Crippen LogP contribution in [0.25, 0.3) is 6.08 Å². The summed E-state index contributed by atoms with van der Waals surface area (Å²) in [7, 11) is 0. The molecule has 0 radical (unpaired) electrons. The van der Waals surface area contributed by atoms with Crippen LogP contribution < -0.4 is 0 Å². The summed E-state index contributed by atoms with van der Waals surface area (Å²) in [5, 5.41) is 9.63. The maximum atomic E-state index is 12.1. The van der Waals surface area contributed by atoms with Crippen molar-refractivity contribution in [2.75, 3.05) is 19.7 Å². The number of halogens is 1. The third kappa shape index (κ3) is 3.84. The highest BCUT2D eigenvalue weighted by Crippen LogP contribution is 2.20. The van der Waals surface area contributed by atoms with E-state index in [1.165, 1.54) is 0 Å². The van der Waals surface area contributed by atoms with Gasteiger partial charge in [-0.15, -0.1) is 0 Å². The Balaban J connectivity index is 1.94. The van der Waals surface area contributed by atoms with Crippen LogP contribution in [-0.2, 0) is 4.79 Å². The zero-order chi connectivity index (χ0) is 14.5. The molecule has 1 fully saturated rings. The number of hydrogen-bond donors (Lipinski definition) is 1. The molecule has 108 valence electrons. The molecule has 0 spiro atoms. The summed E-state index contributed by atoms with van der Waals surface area (Å²) in [6.07, 6.45) is 5.16. The number of benzene rings is 1. The van der Waals surface area contributed by atoms with Crippen molar-refractivity contribution in [3.05, 3.63) is 40.4 Å². The summed E-state index contributed by atoms with van der Waals surface area (Å²) in [6.45, 7) is 3.68. The van der Waals surface area contributed by atoms with E-state index in [-0.39, 0.29) is 12.5 Å². The maximum Gasteiger partial charge on any atom is 0.246 e. The monoisotopic (exact) mass is 293 g/mol. The Labute approximate surface area is 124 Å². The van der Waals surface area contributed by atoms with Gasteiger partial charge in [0.05, 0.1) is 0 Å². The zero-order valence-electron chi connectivity index (χ0n) is 11.7.